The van der Waals surface area contributed by atoms with Gasteiger partial charge in [0.05, 0.1) is 17.7 Å². The van der Waals surface area contributed by atoms with Crippen molar-refractivity contribution in [3.63, 3.8) is 0 Å². The zero-order chi connectivity index (χ0) is 21.3. The Kier molecular flexibility index (Phi) is 6.22. The Bertz CT molecular complexity index is 1120. The molecule has 0 spiro atoms. The molecule has 0 N–H and O–H groups in total. The van der Waals surface area contributed by atoms with E-state index in [4.69, 9.17) is 32.9 Å². The van der Waals surface area contributed by atoms with Crippen LogP contribution in [0, 0.1) is 0 Å². The number of methoxy groups -OCH3 is 1. The highest BCUT2D eigenvalue weighted by atomic mass is 35.5. The van der Waals surface area contributed by atoms with E-state index in [1.807, 2.05) is 29.6 Å². The predicted octanol–water partition coefficient (Wildman–Crippen LogP) is 4.64. The van der Waals surface area contributed by atoms with Crippen LogP contribution in [0.15, 0.2) is 52.7 Å². The maximum absolute atomic E-state index is 12.9. The second-order valence-electron chi connectivity index (χ2n) is 6.74. The standard InChI is InChI=1S/C20H19Cl2N3O3S2/c1-28-17-4-2-14(3-5-17)19-13-29-20(23-19)24-6-8-25(9-7-24)30(26,27)18-11-15(21)10-16(22)12-18/h2-5,10-13H,6-9H2,1H3. The van der Waals surface area contributed by atoms with Gasteiger partial charge in [-0.15, -0.1) is 11.3 Å². The Morgan fingerprint density at radius 3 is 2.23 bits per heavy atom. The van der Waals surface area contributed by atoms with Crippen LogP contribution in [-0.2, 0) is 10.0 Å². The molecule has 0 saturated carbocycles. The number of piperazine rings is 1. The van der Waals surface area contributed by atoms with Gasteiger partial charge in [-0.3, -0.25) is 0 Å². The number of rotatable bonds is 5. The van der Waals surface area contributed by atoms with E-state index >= 15 is 0 Å². The van der Waals surface area contributed by atoms with Crippen LogP contribution < -0.4 is 9.64 Å². The van der Waals surface area contributed by atoms with E-state index in [0.717, 1.165) is 22.1 Å². The summed E-state index contributed by atoms with van der Waals surface area (Å²) in [5, 5.41) is 3.49. The molecular weight excluding hydrogens is 465 g/mol. The van der Waals surface area contributed by atoms with Crippen LogP contribution >= 0.6 is 34.5 Å². The zero-order valence-electron chi connectivity index (χ0n) is 16.1. The molecule has 1 fully saturated rings. The third-order valence-corrected chi connectivity index (χ3v) is 8.08. The predicted molar refractivity (Wildman–Crippen MR) is 122 cm³/mol. The largest absolute Gasteiger partial charge is 0.497 e. The summed E-state index contributed by atoms with van der Waals surface area (Å²) >= 11 is 13.5. The number of sulfonamides is 1. The maximum atomic E-state index is 12.9. The van der Waals surface area contributed by atoms with Gasteiger partial charge in [0.15, 0.2) is 5.13 Å². The first-order valence-electron chi connectivity index (χ1n) is 9.18. The lowest BCUT2D eigenvalue weighted by atomic mass is 10.2. The molecule has 0 aliphatic carbocycles. The molecular formula is C20H19Cl2N3O3S2. The molecule has 1 saturated heterocycles. The molecule has 1 aliphatic rings. The Hall–Kier alpha value is -1.84. The highest BCUT2D eigenvalue weighted by molar-refractivity contribution is 7.89. The van der Waals surface area contributed by atoms with Gasteiger partial charge in [0, 0.05) is 47.2 Å². The molecule has 158 valence electrons. The van der Waals surface area contributed by atoms with E-state index in [1.54, 1.807) is 18.4 Å². The third kappa shape index (κ3) is 4.43. The molecule has 0 bridgehead atoms. The van der Waals surface area contributed by atoms with Gasteiger partial charge >= 0.3 is 0 Å². The maximum Gasteiger partial charge on any atom is 0.243 e. The smallest absolute Gasteiger partial charge is 0.243 e. The fourth-order valence-electron chi connectivity index (χ4n) is 3.25. The van der Waals surface area contributed by atoms with Crippen LogP contribution in [0.2, 0.25) is 10.0 Å². The Morgan fingerprint density at radius 2 is 1.63 bits per heavy atom. The van der Waals surface area contributed by atoms with Crippen molar-refractivity contribution >= 4 is 49.7 Å². The van der Waals surface area contributed by atoms with E-state index in [-0.39, 0.29) is 4.90 Å². The van der Waals surface area contributed by atoms with E-state index in [2.05, 4.69) is 4.90 Å². The van der Waals surface area contributed by atoms with E-state index in [1.165, 1.54) is 22.5 Å². The molecule has 1 aromatic heterocycles. The van der Waals surface area contributed by atoms with Gasteiger partial charge in [0.25, 0.3) is 0 Å². The zero-order valence-corrected chi connectivity index (χ0v) is 19.2. The van der Waals surface area contributed by atoms with Crippen molar-refractivity contribution in [2.24, 2.45) is 0 Å². The normalized spacial score (nSPS) is 15.4. The SMILES string of the molecule is COc1ccc(-c2csc(N3CCN(S(=O)(=O)c4cc(Cl)cc(Cl)c4)CC3)n2)cc1. The summed E-state index contributed by atoms with van der Waals surface area (Å²) in [4.78, 5) is 6.95. The lowest BCUT2D eigenvalue weighted by Gasteiger charge is -2.33. The van der Waals surface area contributed by atoms with Crippen LogP contribution in [0.5, 0.6) is 5.75 Å². The fourth-order valence-corrected chi connectivity index (χ4v) is 6.29. The fraction of sp³-hybridized carbons (Fsp3) is 0.250. The minimum Gasteiger partial charge on any atom is -0.497 e. The monoisotopic (exact) mass is 483 g/mol. The van der Waals surface area contributed by atoms with E-state index in [9.17, 15) is 8.42 Å². The molecule has 0 radical (unpaired) electrons. The van der Waals surface area contributed by atoms with Crippen molar-refractivity contribution in [2.45, 2.75) is 4.90 Å². The highest BCUT2D eigenvalue weighted by Gasteiger charge is 2.30. The number of anilines is 1. The molecule has 30 heavy (non-hydrogen) atoms. The number of halogens is 2. The van der Waals surface area contributed by atoms with Crippen molar-refractivity contribution in [3.8, 4) is 17.0 Å². The Morgan fingerprint density at radius 1 is 1.00 bits per heavy atom. The van der Waals surface area contributed by atoms with Crippen LogP contribution in [0.3, 0.4) is 0 Å². The first-order valence-corrected chi connectivity index (χ1v) is 12.3. The van der Waals surface area contributed by atoms with Crippen molar-refractivity contribution in [1.29, 1.82) is 0 Å². The number of thiazole rings is 1. The molecule has 10 heteroatoms. The average molecular weight is 484 g/mol. The first kappa shape index (κ1) is 21.4. The average Bonchev–Trinajstić information content (AvgIpc) is 3.23. The molecule has 4 rings (SSSR count). The van der Waals surface area contributed by atoms with Crippen molar-refractivity contribution in [3.05, 3.63) is 57.9 Å². The Balaban J connectivity index is 1.45. The second kappa shape index (κ2) is 8.72. The summed E-state index contributed by atoms with van der Waals surface area (Å²) in [7, 11) is -2.01. The summed E-state index contributed by atoms with van der Waals surface area (Å²) in [6, 6.07) is 12.1. The highest BCUT2D eigenvalue weighted by Crippen LogP contribution is 2.30. The lowest BCUT2D eigenvalue weighted by molar-refractivity contribution is 0.385. The third-order valence-electron chi connectivity index (χ3n) is 4.86. The van der Waals surface area contributed by atoms with Gasteiger partial charge in [-0.25, -0.2) is 13.4 Å². The Labute approximate surface area is 189 Å². The second-order valence-corrected chi connectivity index (χ2v) is 10.4. The molecule has 2 aromatic carbocycles. The van der Waals surface area contributed by atoms with Gasteiger partial charge < -0.3 is 9.64 Å². The summed E-state index contributed by atoms with van der Waals surface area (Å²) in [6.07, 6.45) is 0. The number of hydrogen-bond acceptors (Lipinski definition) is 6. The quantitative estimate of drug-likeness (QED) is 0.528. The number of ether oxygens (including phenoxy) is 1. The molecule has 1 aliphatic heterocycles. The topological polar surface area (TPSA) is 62.7 Å². The van der Waals surface area contributed by atoms with Crippen LogP contribution in [0.25, 0.3) is 11.3 Å². The van der Waals surface area contributed by atoms with Gasteiger partial charge in [-0.05, 0) is 42.5 Å². The van der Waals surface area contributed by atoms with Gasteiger partial charge in [0.2, 0.25) is 10.0 Å². The number of benzene rings is 2. The van der Waals surface area contributed by atoms with Crippen molar-refractivity contribution in [1.82, 2.24) is 9.29 Å². The summed E-state index contributed by atoms with van der Waals surface area (Å²) in [5.41, 5.74) is 1.90. The van der Waals surface area contributed by atoms with Crippen molar-refractivity contribution in [2.75, 3.05) is 38.2 Å². The van der Waals surface area contributed by atoms with Crippen molar-refractivity contribution < 1.29 is 13.2 Å². The van der Waals surface area contributed by atoms with E-state index < -0.39 is 10.0 Å². The number of hydrogen-bond donors (Lipinski definition) is 0. The van der Waals surface area contributed by atoms with E-state index in [0.29, 0.717) is 36.2 Å². The molecule has 0 amide bonds. The minimum atomic E-state index is -3.65. The first-order chi connectivity index (χ1) is 14.4. The van der Waals surface area contributed by atoms with Crippen LogP contribution in [0.1, 0.15) is 0 Å². The molecule has 0 atom stereocenters. The number of aromatic nitrogens is 1. The van der Waals surface area contributed by atoms with Gasteiger partial charge in [0.1, 0.15) is 5.75 Å². The van der Waals surface area contributed by atoms with Crippen LogP contribution in [0.4, 0.5) is 5.13 Å². The number of nitrogens with zero attached hydrogens (tertiary/aromatic N) is 3. The molecule has 3 aromatic rings. The summed E-state index contributed by atoms with van der Waals surface area (Å²) in [6.45, 7) is 1.85. The molecule has 2 heterocycles. The molecule has 0 unspecified atom stereocenters. The van der Waals surface area contributed by atoms with Crippen LogP contribution in [-0.4, -0.2) is 51.0 Å². The minimum absolute atomic E-state index is 0.115. The summed E-state index contributed by atoms with van der Waals surface area (Å²) in [5.74, 6) is 0.799. The molecule has 6 nitrogen and oxygen atoms in total. The summed E-state index contributed by atoms with van der Waals surface area (Å²) < 4.78 is 32.5. The lowest BCUT2D eigenvalue weighted by Crippen LogP contribution is -2.48. The van der Waals surface area contributed by atoms with Gasteiger partial charge in [-0.2, -0.15) is 4.31 Å². The van der Waals surface area contributed by atoms with Gasteiger partial charge in [-0.1, -0.05) is 23.2 Å².